The van der Waals surface area contributed by atoms with Crippen LogP contribution in [0.1, 0.15) is 22.3 Å². The van der Waals surface area contributed by atoms with E-state index in [-0.39, 0.29) is 18.5 Å². The zero-order chi connectivity index (χ0) is 23.8. The highest BCUT2D eigenvalue weighted by atomic mass is 19.4. The zero-order valence-corrected chi connectivity index (χ0v) is 17.7. The van der Waals surface area contributed by atoms with E-state index in [1.54, 1.807) is 4.90 Å². The molecule has 0 bridgehead atoms. The SMILES string of the molecule is O=C1C2CN(Cc3ccc(C(F)(F)F)cc3)CCN2CCN1Cc1ccc(C(F)(F)F)cc1. The Kier molecular flexibility index (Phi) is 6.41. The van der Waals surface area contributed by atoms with Gasteiger partial charge in [-0.05, 0) is 35.4 Å². The second kappa shape index (κ2) is 8.98. The Bertz CT molecular complexity index is 970. The van der Waals surface area contributed by atoms with Gasteiger partial charge in [0.15, 0.2) is 0 Å². The molecule has 2 saturated heterocycles. The zero-order valence-electron chi connectivity index (χ0n) is 17.7. The monoisotopic (exact) mass is 471 g/mol. The molecule has 0 saturated carbocycles. The van der Waals surface area contributed by atoms with Crippen molar-refractivity contribution in [3.8, 4) is 0 Å². The van der Waals surface area contributed by atoms with Crippen molar-refractivity contribution in [3.63, 3.8) is 0 Å². The van der Waals surface area contributed by atoms with Crippen LogP contribution in [-0.4, -0.2) is 59.4 Å². The Morgan fingerprint density at radius 2 is 1.18 bits per heavy atom. The second-order valence-electron chi connectivity index (χ2n) is 8.44. The third-order valence-corrected chi connectivity index (χ3v) is 6.17. The first-order valence-corrected chi connectivity index (χ1v) is 10.6. The van der Waals surface area contributed by atoms with E-state index in [1.165, 1.54) is 24.3 Å². The van der Waals surface area contributed by atoms with Gasteiger partial charge >= 0.3 is 12.4 Å². The predicted octanol–water partition coefficient (Wildman–Crippen LogP) is 4.25. The molecule has 0 spiro atoms. The molecule has 4 rings (SSSR count). The number of halogens is 6. The molecule has 2 aromatic carbocycles. The Hall–Kier alpha value is -2.59. The molecule has 10 heteroatoms. The van der Waals surface area contributed by atoms with E-state index in [1.807, 2.05) is 4.90 Å². The van der Waals surface area contributed by atoms with Gasteiger partial charge < -0.3 is 4.90 Å². The number of carbonyl (C=O) groups is 1. The van der Waals surface area contributed by atoms with Crippen molar-refractivity contribution in [1.29, 1.82) is 0 Å². The highest BCUT2D eigenvalue weighted by molar-refractivity contribution is 5.83. The van der Waals surface area contributed by atoms with Crippen LogP contribution in [0.2, 0.25) is 0 Å². The van der Waals surface area contributed by atoms with Crippen LogP contribution in [0.5, 0.6) is 0 Å². The van der Waals surface area contributed by atoms with Gasteiger partial charge in [0.05, 0.1) is 11.1 Å². The molecule has 2 aliphatic heterocycles. The molecule has 2 aliphatic rings. The maximum Gasteiger partial charge on any atom is 0.416 e. The molecule has 2 aromatic rings. The number of nitrogens with zero attached hydrogens (tertiary/aromatic N) is 3. The predicted molar refractivity (Wildman–Crippen MR) is 109 cm³/mol. The number of piperazine rings is 2. The summed E-state index contributed by atoms with van der Waals surface area (Å²) in [7, 11) is 0. The standard InChI is InChI=1S/C23H23F6N3O/c24-22(25,26)18-5-1-16(2-6-18)13-30-9-10-31-11-12-32(21(33)20(31)15-30)14-17-3-7-19(8-4-17)23(27,28)29/h1-8,20H,9-15H2. The molecule has 2 heterocycles. The topological polar surface area (TPSA) is 26.8 Å². The maximum absolute atomic E-state index is 13.1. The van der Waals surface area contributed by atoms with Crippen LogP contribution < -0.4 is 0 Å². The van der Waals surface area contributed by atoms with Gasteiger partial charge in [-0.25, -0.2) is 0 Å². The maximum atomic E-state index is 13.1. The van der Waals surface area contributed by atoms with Crippen molar-refractivity contribution in [2.45, 2.75) is 31.5 Å². The first-order valence-electron chi connectivity index (χ1n) is 10.6. The first kappa shape index (κ1) is 23.6. The van der Waals surface area contributed by atoms with E-state index in [4.69, 9.17) is 0 Å². The number of amides is 1. The van der Waals surface area contributed by atoms with Gasteiger partial charge in [0.1, 0.15) is 6.04 Å². The van der Waals surface area contributed by atoms with E-state index in [0.29, 0.717) is 44.8 Å². The summed E-state index contributed by atoms with van der Waals surface area (Å²) in [5.74, 6) is -0.0849. The summed E-state index contributed by atoms with van der Waals surface area (Å²) in [5.41, 5.74) is -0.0606. The Labute approximate surface area is 187 Å². The highest BCUT2D eigenvalue weighted by Gasteiger charge is 2.38. The van der Waals surface area contributed by atoms with Crippen LogP contribution in [-0.2, 0) is 30.2 Å². The number of benzene rings is 2. The molecular formula is C23H23F6N3O. The fraction of sp³-hybridized carbons (Fsp3) is 0.435. The number of carbonyl (C=O) groups excluding carboxylic acids is 1. The first-order chi connectivity index (χ1) is 15.5. The summed E-state index contributed by atoms with van der Waals surface area (Å²) >= 11 is 0. The van der Waals surface area contributed by atoms with Gasteiger partial charge in [-0.1, -0.05) is 24.3 Å². The van der Waals surface area contributed by atoms with Crippen LogP contribution >= 0.6 is 0 Å². The lowest BCUT2D eigenvalue weighted by atomic mass is 10.0. The summed E-state index contributed by atoms with van der Waals surface area (Å²) in [5, 5.41) is 0. The van der Waals surface area contributed by atoms with Crippen molar-refractivity contribution >= 4 is 5.91 Å². The van der Waals surface area contributed by atoms with E-state index < -0.39 is 23.5 Å². The van der Waals surface area contributed by atoms with E-state index in [0.717, 1.165) is 29.8 Å². The van der Waals surface area contributed by atoms with Crippen molar-refractivity contribution in [3.05, 3.63) is 70.8 Å². The van der Waals surface area contributed by atoms with Crippen molar-refractivity contribution in [2.75, 3.05) is 32.7 Å². The number of fused-ring (bicyclic) bond motifs is 1. The molecule has 0 aliphatic carbocycles. The fourth-order valence-corrected chi connectivity index (χ4v) is 4.33. The van der Waals surface area contributed by atoms with Crippen LogP contribution in [0.4, 0.5) is 26.3 Å². The third-order valence-electron chi connectivity index (χ3n) is 6.17. The summed E-state index contributed by atoms with van der Waals surface area (Å²) in [6.45, 7) is 3.66. The van der Waals surface area contributed by atoms with Gasteiger partial charge in [-0.15, -0.1) is 0 Å². The van der Waals surface area contributed by atoms with Gasteiger partial charge in [0.25, 0.3) is 0 Å². The molecule has 4 nitrogen and oxygen atoms in total. The van der Waals surface area contributed by atoms with E-state index in [2.05, 4.69) is 4.90 Å². The number of hydrogen-bond acceptors (Lipinski definition) is 3. The van der Waals surface area contributed by atoms with E-state index in [9.17, 15) is 31.1 Å². The lowest BCUT2D eigenvalue weighted by Gasteiger charge is -2.46. The van der Waals surface area contributed by atoms with Crippen molar-refractivity contribution in [1.82, 2.24) is 14.7 Å². The minimum Gasteiger partial charge on any atom is -0.336 e. The molecule has 2 fully saturated rings. The Morgan fingerprint density at radius 1 is 0.697 bits per heavy atom. The number of hydrogen-bond donors (Lipinski definition) is 0. The average Bonchev–Trinajstić information content (AvgIpc) is 2.75. The summed E-state index contributed by atoms with van der Waals surface area (Å²) in [4.78, 5) is 18.9. The molecule has 0 aromatic heterocycles. The Morgan fingerprint density at radius 3 is 1.70 bits per heavy atom. The Balaban J connectivity index is 1.37. The molecule has 1 amide bonds. The number of alkyl halides is 6. The van der Waals surface area contributed by atoms with Crippen LogP contribution in [0.15, 0.2) is 48.5 Å². The lowest BCUT2D eigenvalue weighted by Crippen LogP contribution is -2.64. The van der Waals surface area contributed by atoms with Crippen LogP contribution in [0.25, 0.3) is 0 Å². The molecule has 178 valence electrons. The van der Waals surface area contributed by atoms with Crippen LogP contribution in [0.3, 0.4) is 0 Å². The fourth-order valence-electron chi connectivity index (χ4n) is 4.33. The molecule has 33 heavy (non-hydrogen) atoms. The van der Waals surface area contributed by atoms with Gasteiger partial charge in [-0.2, -0.15) is 26.3 Å². The van der Waals surface area contributed by atoms with Crippen LogP contribution in [0, 0.1) is 0 Å². The lowest BCUT2D eigenvalue weighted by molar-refractivity contribution is -0.146. The van der Waals surface area contributed by atoms with Gasteiger partial charge in [-0.3, -0.25) is 14.6 Å². The minimum atomic E-state index is -4.40. The highest BCUT2D eigenvalue weighted by Crippen LogP contribution is 2.30. The van der Waals surface area contributed by atoms with Gasteiger partial charge in [0, 0.05) is 45.8 Å². The molecule has 1 atom stereocenters. The number of rotatable bonds is 4. The van der Waals surface area contributed by atoms with Gasteiger partial charge in [0.2, 0.25) is 5.91 Å². The molecule has 0 radical (unpaired) electrons. The van der Waals surface area contributed by atoms with Crippen molar-refractivity contribution < 1.29 is 31.1 Å². The largest absolute Gasteiger partial charge is 0.416 e. The second-order valence-corrected chi connectivity index (χ2v) is 8.44. The quantitative estimate of drug-likeness (QED) is 0.624. The molecular weight excluding hydrogens is 448 g/mol. The summed E-state index contributed by atoms with van der Waals surface area (Å²) in [6.07, 6.45) is -8.78. The smallest absolute Gasteiger partial charge is 0.336 e. The molecule has 0 N–H and O–H groups in total. The molecule has 1 unspecified atom stereocenters. The average molecular weight is 471 g/mol. The van der Waals surface area contributed by atoms with E-state index >= 15 is 0 Å². The van der Waals surface area contributed by atoms with Crippen molar-refractivity contribution in [2.24, 2.45) is 0 Å². The summed E-state index contributed by atoms with van der Waals surface area (Å²) < 4.78 is 76.6. The third kappa shape index (κ3) is 5.50. The summed E-state index contributed by atoms with van der Waals surface area (Å²) in [6, 6.07) is 9.46. The normalized spacial score (nSPS) is 20.7. The minimum absolute atomic E-state index is 0.0849.